The average Bonchev–Trinajstić information content (AvgIpc) is 2.14. The van der Waals surface area contributed by atoms with E-state index < -0.39 is 0 Å². The maximum absolute atomic E-state index is 3.36. The van der Waals surface area contributed by atoms with Gasteiger partial charge in [-0.3, -0.25) is 0 Å². The highest BCUT2D eigenvalue weighted by molar-refractivity contribution is 4.88. The van der Waals surface area contributed by atoms with E-state index in [9.17, 15) is 0 Å². The molecule has 0 N–H and O–H groups in total. The summed E-state index contributed by atoms with van der Waals surface area (Å²) in [5.41, 5.74) is 0. The van der Waals surface area contributed by atoms with Gasteiger partial charge >= 0.3 is 0 Å². The molecule has 64 valence electrons. The molecule has 0 heteroatoms. The Kier molecular flexibility index (Phi) is 492. The Hall–Kier alpha value is -0.520. The average molecular weight is 144 g/mol. The molecule has 0 aliphatic heterocycles. The van der Waals surface area contributed by atoms with Crippen LogP contribution in [0.1, 0.15) is 41.5 Å². The molecule has 0 saturated heterocycles. The fourth-order valence-corrected chi connectivity index (χ4v) is 0. The van der Waals surface area contributed by atoms with Crippen molar-refractivity contribution in [1.82, 2.24) is 0 Å². The summed E-state index contributed by atoms with van der Waals surface area (Å²) in [6.07, 6.45) is 3.28. The number of hydrogen-bond acceptors (Lipinski definition) is 0. The van der Waals surface area contributed by atoms with E-state index in [1.165, 1.54) is 0 Å². The number of hydrogen-bond donors (Lipinski definition) is 0. The summed E-state index contributed by atoms with van der Waals surface area (Å²) >= 11 is 0. The molecule has 0 aromatic carbocycles. The van der Waals surface area contributed by atoms with Gasteiger partial charge in [-0.1, -0.05) is 66.9 Å². The van der Waals surface area contributed by atoms with E-state index in [2.05, 4.69) is 13.2 Å². The van der Waals surface area contributed by atoms with Gasteiger partial charge in [0.05, 0.1) is 0 Å². The lowest BCUT2D eigenvalue weighted by atomic mass is 10.6. The van der Waals surface area contributed by atoms with Gasteiger partial charge in [0.25, 0.3) is 0 Å². The maximum atomic E-state index is 3.36. The third-order valence-corrected chi connectivity index (χ3v) is 0.167. The SMILES string of the molecule is C=CC=C.CC.CC.CC. The molecule has 0 fully saturated rings. The molecule has 0 aromatic heterocycles. The molecule has 10 heavy (non-hydrogen) atoms. The molecule has 0 aliphatic carbocycles. The Labute approximate surface area is 67.7 Å². The van der Waals surface area contributed by atoms with Gasteiger partial charge in [0, 0.05) is 0 Å². The minimum absolute atomic E-state index is 1.64. The third-order valence-electron chi connectivity index (χ3n) is 0.167. The van der Waals surface area contributed by atoms with E-state index in [-0.39, 0.29) is 0 Å². The summed E-state index contributed by atoms with van der Waals surface area (Å²) in [6, 6.07) is 0. The van der Waals surface area contributed by atoms with E-state index in [1.54, 1.807) is 12.2 Å². The monoisotopic (exact) mass is 144 g/mol. The Morgan fingerprint density at radius 3 is 0.700 bits per heavy atom. The van der Waals surface area contributed by atoms with Crippen molar-refractivity contribution in [2.24, 2.45) is 0 Å². The van der Waals surface area contributed by atoms with E-state index in [0.717, 1.165) is 0 Å². The molecule has 0 radical (unpaired) electrons. The van der Waals surface area contributed by atoms with E-state index in [4.69, 9.17) is 0 Å². The molecule has 0 heterocycles. The standard InChI is InChI=1S/C4H6.3C2H6/c1-3-4-2;3*1-2/h3-4H,1-2H2;3*1-2H3. The molecule has 0 spiro atoms. The van der Waals surface area contributed by atoms with Crippen LogP contribution in [0.25, 0.3) is 0 Å². The zero-order valence-corrected chi connectivity index (χ0v) is 8.57. The fraction of sp³-hybridized carbons (Fsp3) is 0.600. The zero-order valence-electron chi connectivity index (χ0n) is 8.57. The van der Waals surface area contributed by atoms with Crippen LogP contribution < -0.4 is 0 Å². The minimum atomic E-state index is 1.64. The summed E-state index contributed by atoms with van der Waals surface area (Å²) in [6.45, 7) is 18.7. The lowest BCUT2D eigenvalue weighted by Crippen LogP contribution is -1.21. The number of rotatable bonds is 1. The van der Waals surface area contributed by atoms with Crippen molar-refractivity contribution in [2.45, 2.75) is 41.5 Å². The zero-order chi connectivity index (χ0) is 9.41. The summed E-state index contributed by atoms with van der Waals surface area (Å²) in [5.74, 6) is 0. The van der Waals surface area contributed by atoms with Gasteiger partial charge in [-0.2, -0.15) is 0 Å². The fourth-order valence-electron chi connectivity index (χ4n) is 0. The van der Waals surface area contributed by atoms with Gasteiger partial charge < -0.3 is 0 Å². The summed E-state index contributed by atoms with van der Waals surface area (Å²) in [5, 5.41) is 0. The maximum Gasteiger partial charge on any atom is -0.0683 e. The van der Waals surface area contributed by atoms with Crippen molar-refractivity contribution in [1.29, 1.82) is 0 Å². The van der Waals surface area contributed by atoms with Crippen LogP contribution in [-0.4, -0.2) is 0 Å². The molecule has 0 aromatic rings. The molecular formula is C10H24. The smallest absolute Gasteiger partial charge is 0.0683 e. The molecule has 0 saturated carbocycles. The molecule has 0 aliphatic rings. The van der Waals surface area contributed by atoms with Crippen LogP contribution >= 0.6 is 0 Å². The topological polar surface area (TPSA) is 0 Å². The van der Waals surface area contributed by atoms with Crippen molar-refractivity contribution >= 4 is 0 Å². The minimum Gasteiger partial charge on any atom is -0.0991 e. The van der Waals surface area contributed by atoms with Gasteiger partial charge in [0.15, 0.2) is 0 Å². The van der Waals surface area contributed by atoms with E-state index in [0.29, 0.717) is 0 Å². The highest BCUT2D eigenvalue weighted by Gasteiger charge is 1.29. The second-order valence-corrected chi connectivity index (χ2v) is 0.471. The normalized spacial score (nSPS) is 3.80. The van der Waals surface area contributed by atoms with Gasteiger partial charge in [0.2, 0.25) is 0 Å². The van der Waals surface area contributed by atoms with Crippen molar-refractivity contribution in [2.75, 3.05) is 0 Å². The van der Waals surface area contributed by atoms with Crippen LogP contribution in [0.3, 0.4) is 0 Å². The van der Waals surface area contributed by atoms with E-state index >= 15 is 0 Å². The van der Waals surface area contributed by atoms with Crippen LogP contribution in [0.2, 0.25) is 0 Å². The molecule has 0 nitrogen and oxygen atoms in total. The second kappa shape index (κ2) is 217. The van der Waals surface area contributed by atoms with Gasteiger partial charge in [-0.05, 0) is 0 Å². The first-order valence-corrected chi connectivity index (χ1v) is 4.15. The van der Waals surface area contributed by atoms with Crippen LogP contribution in [0.15, 0.2) is 25.3 Å². The van der Waals surface area contributed by atoms with Crippen LogP contribution in [0.4, 0.5) is 0 Å². The Morgan fingerprint density at radius 1 is 0.600 bits per heavy atom. The van der Waals surface area contributed by atoms with Gasteiger partial charge in [0.1, 0.15) is 0 Å². The predicted octanol–water partition coefficient (Wildman–Crippen LogP) is 4.44. The predicted molar refractivity (Wildman–Crippen MR) is 54.4 cm³/mol. The lowest BCUT2D eigenvalue weighted by molar-refractivity contribution is 1.50. The molecule has 0 amide bonds. The second-order valence-electron chi connectivity index (χ2n) is 0.471. The van der Waals surface area contributed by atoms with Gasteiger partial charge in [-0.15, -0.1) is 0 Å². The largest absolute Gasteiger partial charge is 0.0991 e. The molecule has 0 unspecified atom stereocenters. The van der Waals surface area contributed by atoms with Crippen molar-refractivity contribution in [3.05, 3.63) is 25.3 Å². The van der Waals surface area contributed by atoms with Crippen molar-refractivity contribution in [3.63, 3.8) is 0 Å². The van der Waals surface area contributed by atoms with Crippen LogP contribution in [-0.2, 0) is 0 Å². The van der Waals surface area contributed by atoms with Crippen LogP contribution in [0.5, 0.6) is 0 Å². The highest BCUT2D eigenvalue weighted by atomic mass is 13.4. The third kappa shape index (κ3) is 1360. The Balaban J connectivity index is -0.0000000262. The molecule has 0 atom stereocenters. The molecule has 0 rings (SSSR count). The Morgan fingerprint density at radius 2 is 0.700 bits per heavy atom. The first-order valence-electron chi connectivity index (χ1n) is 4.15. The highest BCUT2D eigenvalue weighted by Crippen LogP contribution is 1.52. The first kappa shape index (κ1) is 22.7. The quantitative estimate of drug-likeness (QED) is 0.477. The number of allylic oxidation sites excluding steroid dienone is 2. The molecule has 0 bridgehead atoms. The van der Waals surface area contributed by atoms with Gasteiger partial charge in [-0.25, -0.2) is 0 Å². The van der Waals surface area contributed by atoms with E-state index in [1.807, 2.05) is 41.5 Å². The summed E-state index contributed by atoms with van der Waals surface area (Å²) in [4.78, 5) is 0. The lowest BCUT2D eigenvalue weighted by Gasteiger charge is -1.44. The molecular weight excluding hydrogens is 120 g/mol. The summed E-state index contributed by atoms with van der Waals surface area (Å²) in [7, 11) is 0. The first-order chi connectivity index (χ1) is 4.91. The van der Waals surface area contributed by atoms with Crippen LogP contribution in [0, 0.1) is 0 Å². The summed E-state index contributed by atoms with van der Waals surface area (Å²) < 4.78 is 0. The van der Waals surface area contributed by atoms with Crippen molar-refractivity contribution in [3.8, 4) is 0 Å². The van der Waals surface area contributed by atoms with Crippen molar-refractivity contribution < 1.29 is 0 Å². The Bertz CT molecular complexity index is 21.0.